The molecule has 1 aromatic heterocycles. The Kier molecular flexibility index (Phi) is 3.16. The van der Waals surface area contributed by atoms with E-state index in [2.05, 4.69) is 10.00 Å². The van der Waals surface area contributed by atoms with E-state index in [0.29, 0.717) is 19.6 Å². The van der Waals surface area contributed by atoms with Gasteiger partial charge in [0.1, 0.15) is 0 Å². The molecule has 1 unspecified atom stereocenters. The van der Waals surface area contributed by atoms with E-state index in [1.54, 1.807) is 0 Å². The molecule has 0 radical (unpaired) electrons. The summed E-state index contributed by atoms with van der Waals surface area (Å²) >= 11 is 0. The molecule has 2 amide bonds. The van der Waals surface area contributed by atoms with Gasteiger partial charge >= 0.3 is 6.09 Å². The van der Waals surface area contributed by atoms with Crippen molar-refractivity contribution in [1.82, 2.24) is 24.5 Å². The van der Waals surface area contributed by atoms with Gasteiger partial charge in [0, 0.05) is 50.9 Å². The molecular weight excluding hydrogens is 322 g/mol. The van der Waals surface area contributed by atoms with Crippen LogP contribution in [0, 0.1) is 5.92 Å². The maximum Gasteiger partial charge on any atom is 0.411 e. The zero-order valence-corrected chi connectivity index (χ0v) is 14.4. The lowest BCUT2D eigenvalue weighted by atomic mass is 9.84. The van der Waals surface area contributed by atoms with Crippen LogP contribution in [0.3, 0.4) is 0 Å². The van der Waals surface area contributed by atoms with Gasteiger partial charge in [0.25, 0.3) is 0 Å². The number of carbonyl (C=O) groups is 2. The van der Waals surface area contributed by atoms with Gasteiger partial charge in [-0.2, -0.15) is 5.10 Å². The molecule has 134 valence electrons. The third-order valence-electron chi connectivity index (χ3n) is 5.92. The lowest BCUT2D eigenvalue weighted by Crippen LogP contribution is -2.72. The van der Waals surface area contributed by atoms with E-state index in [0.717, 1.165) is 32.5 Å². The highest BCUT2D eigenvalue weighted by Gasteiger charge is 2.63. The first kappa shape index (κ1) is 15.2. The summed E-state index contributed by atoms with van der Waals surface area (Å²) < 4.78 is 7.57. The maximum atomic E-state index is 12.3. The zero-order valence-electron chi connectivity index (χ0n) is 14.4. The van der Waals surface area contributed by atoms with E-state index >= 15 is 0 Å². The van der Waals surface area contributed by atoms with Gasteiger partial charge in [-0.05, 0) is 12.8 Å². The monoisotopic (exact) mass is 345 g/mol. The third kappa shape index (κ3) is 2.42. The number of hydrogen-bond acceptors (Lipinski definition) is 5. The van der Waals surface area contributed by atoms with Crippen LogP contribution in [0.25, 0.3) is 0 Å². The van der Waals surface area contributed by atoms with Crippen LogP contribution in [0.4, 0.5) is 4.79 Å². The minimum absolute atomic E-state index is 0.0358. The van der Waals surface area contributed by atoms with Gasteiger partial charge in [0.15, 0.2) is 5.60 Å². The number of aromatic nitrogens is 2. The second-order valence-electron chi connectivity index (χ2n) is 7.87. The average molecular weight is 345 g/mol. The predicted octanol–water partition coefficient (Wildman–Crippen LogP) is 0.0475. The van der Waals surface area contributed by atoms with Gasteiger partial charge in [-0.3, -0.25) is 19.3 Å². The highest BCUT2D eigenvalue weighted by Crippen LogP contribution is 2.42. The van der Waals surface area contributed by atoms with Crippen molar-refractivity contribution < 1.29 is 14.3 Å². The molecule has 0 N–H and O–H groups in total. The summed E-state index contributed by atoms with van der Waals surface area (Å²) in [5.41, 5.74) is 0.671. The number of ether oxygens (including phenoxy) is 1. The minimum atomic E-state index is -0.505. The minimum Gasteiger partial charge on any atom is -0.437 e. The van der Waals surface area contributed by atoms with Crippen molar-refractivity contribution in [2.75, 3.05) is 32.7 Å². The summed E-state index contributed by atoms with van der Waals surface area (Å²) in [6, 6.07) is 0.0358. The Morgan fingerprint density at radius 2 is 2.16 bits per heavy atom. The van der Waals surface area contributed by atoms with Crippen molar-refractivity contribution in [1.29, 1.82) is 0 Å². The van der Waals surface area contributed by atoms with Gasteiger partial charge < -0.3 is 9.64 Å². The summed E-state index contributed by atoms with van der Waals surface area (Å²) in [5, 5.41) is 4.22. The van der Waals surface area contributed by atoms with E-state index in [9.17, 15) is 9.59 Å². The molecule has 1 spiro atoms. The molecule has 4 heterocycles. The number of carbonyl (C=O) groups excluding carboxylic acids is 2. The molecular formula is C17H23N5O3. The Hall–Kier alpha value is -2.09. The molecule has 3 saturated heterocycles. The third-order valence-corrected chi connectivity index (χ3v) is 5.92. The van der Waals surface area contributed by atoms with E-state index in [-0.39, 0.29) is 24.0 Å². The van der Waals surface area contributed by atoms with Gasteiger partial charge in [0.05, 0.1) is 25.3 Å². The SMILES string of the molecule is Cn1cc(CN2CCN3C(=O)OC4(CN(C(=O)C5CC5)C4)C3C2)cn1. The van der Waals surface area contributed by atoms with E-state index in [4.69, 9.17) is 4.74 Å². The van der Waals surface area contributed by atoms with Crippen molar-refractivity contribution >= 4 is 12.0 Å². The molecule has 8 nitrogen and oxygen atoms in total. The average Bonchev–Trinajstić information content (AvgIpc) is 3.27. The molecule has 25 heavy (non-hydrogen) atoms. The van der Waals surface area contributed by atoms with Crippen molar-refractivity contribution in [3.63, 3.8) is 0 Å². The fourth-order valence-electron chi connectivity index (χ4n) is 4.38. The Morgan fingerprint density at radius 1 is 1.36 bits per heavy atom. The van der Waals surface area contributed by atoms with Gasteiger partial charge in [-0.1, -0.05) is 0 Å². The number of aryl methyl sites for hydroxylation is 1. The van der Waals surface area contributed by atoms with Gasteiger partial charge in [-0.25, -0.2) is 4.79 Å². The Morgan fingerprint density at radius 3 is 2.84 bits per heavy atom. The number of hydrogen-bond donors (Lipinski definition) is 0. The first-order chi connectivity index (χ1) is 12.0. The van der Waals surface area contributed by atoms with Crippen LogP contribution < -0.4 is 0 Å². The van der Waals surface area contributed by atoms with E-state index in [1.165, 1.54) is 5.56 Å². The van der Waals surface area contributed by atoms with E-state index < -0.39 is 5.60 Å². The van der Waals surface area contributed by atoms with Crippen molar-refractivity contribution in [3.8, 4) is 0 Å². The van der Waals surface area contributed by atoms with Gasteiger partial charge in [-0.15, -0.1) is 0 Å². The second kappa shape index (κ2) is 5.20. The molecule has 4 aliphatic rings. The molecule has 1 aliphatic carbocycles. The standard InChI is InChI=1S/C17H23N5O3/c1-19-7-12(6-18-19)8-20-4-5-22-14(9-20)17(25-16(22)24)10-21(11-17)15(23)13-2-3-13/h6-7,13-14H,2-5,8-11H2,1H3. The maximum absolute atomic E-state index is 12.3. The molecule has 3 aliphatic heterocycles. The van der Waals surface area contributed by atoms with Crippen LogP contribution in [0.15, 0.2) is 12.4 Å². The molecule has 5 rings (SSSR count). The highest BCUT2D eigenvalue weighted by atomic mass is 16.6. The van der Waals surface area contributed by atoms with Crippen LogP contribution in [-0.4, -0.2) is 80.8 Å². The fraction of sp³-hybridized carbons (Fsp3) is 0.706. The number of amides is 2. The number of nitrogens with zero attached hydrogens (tertiary/aromatic N) is 5. The van der Waals surface area contributed by atoms with Crippen LogP contribution in [0.2, 0.25) is 0 Å². The first-order valence-electron chi connectivity index (χ1n) is 9.02. The van der Waals surface area contributed by atoms with Crippen LogP contribution in [0.1, 0.15) is 18.4 Å². The smallest absolute Gasteiger partial charge is 0.411 e. The molecule has 0 aromatic carbocycles. The van der Waals surface area contributed by atoms with Crippen LogP contribution in [-0.2, 0) is 23.1 Å². The second-order valence-corrected chi connectivity index (χ2v) is 7.87. The molecule has 1 saturated carbocycles. The Bertz CT molecular complexity index is 722. The molecule has 8 heteroatoms. The summed E-state index contributed by atoms with van der Waals surface area (Å²) in [6.07, 6.45) is 5.72. The normalized spacial score (nSPS) is 28.0. The van der Waals surface area contributed by atoms with Crippen LogP contribution >= 0.6 is 0 Å². The number of fused-ring (bicyclic) bond motifs is 2. The quantitative estimate of drug-likeness (QED) is 0.774. The highest BCUT2D eigenvalue weighted by molar-refractivity contribution is 5.83. The molecule has 1 atom stereocenters. The molecule has 1 aromatic rings. The summed E-state index contributed by atoms with van der Waals surface area (Å²) in [7, 11) is 1.92. The predicted molar refractivity (Wildman–Crippen MR) is 87.5 cm³/mol. The first-order valence-corrected chi connectivity index (χ1v) is 9.02. The topological polar surface area (TPSA) is 70.9 Å². The van der Waals surface area contributed by atoms with Crippen molar-refractivity contribution in [2.24, 2.45) is 13.0 Å². The Balaban J connectivity index is 1.28. The summed E-state index contributed by atoms with van der Waals surface area (Å²) in [4.78, 5) is 30.6. The van der Waals surface area contributed by atoms with Gasteiger partial charge in [0.2, 0.25) is 5.91 Å². The van der Waals surface area contributed by atoms with Crippen LogP contribution in [0.5, 0.6) is 0 Å². The van der Waals surface area contributed by atoms with Crippen molar-refractivity contribution in [2.45, 2.75) is 31.0 Å². The lowest BCUT2D eigenvalue weighted by Gasteiger charge is -2.51. The fourth-order valence-corrected chi connectivity index (χ4v) is 4.38. The lowest BCUT2D eigenvalue weighted by molar-refractivity contribution is -0.157. The number of rotatable bonds is 3. The molecule has 0 bridgehead atoms. The number of likely N-dealkylation sites (tertiary alicyclic amines) is 1. The number of piperazine rings is 1. The summed E-state index contributed by atoms with van der Waals surface area (Å²) in [6.45, 7) is 4.23. The molecule has 4 fully saturated rings. The van der Waals surface area contributed by atoms with Crippen molar-refractivity contribution in [3.05, 3.63) is 18.0 Å². The largest absolute Gasteiger partial charge is 0.437 e. The summed E-state index contributed by atoms with van der Waals surface area (Å²) in [5.74, 6) is 0.460. The Labute approximate surface area is 146 Å². The zero-order chi connectivity index (χ0) is 17.2. The van der Waals surface area contributed by atoms with E-state index in [1.807, 2.05) is 33.9 Å².